The minimum Gasteiger partial charge on any atom is -0.495 e. The maximum absolute atomic E-state index is 13.0. The number of amides is 1. The molecule has 1 atom stereocenters. The first-order chi connectivity index (χ1) is 13.9. The standard InChI is InChI=1S/C22H28N2O4S/c1-4-24(5-2)29(26,27)21-15-17(13-14-20(21)28-3)22(25)23-19-12-8-10-16-9-6-7-11-18(16)19/h6-7,9,11,13-15,19H,4-5,8,10,12H2,1-3H3,(H,23,25)/t19-/m1/s1. The number of rotatable bonds is 7. The highest BCUT2D eigenvalue weighted by atomic mass is 32.2. The summed E-state index contributed by atoms with van der Waals surface area (Å²) in [6, 6.07) is 12.6. The van der Waals surface area contributed by atoms with Crippen LogP contribution in [-0.4, -0.2) is 38.8 Å². The Hall–Kier alpha value is -2.38. The number of nitrogens with zero attached hydrogens (tertiary/aromatic N) is 1. The SMILES string of the molecule is CCN(CC)S(=O)(=O)c1cc(C(=O)N[C@@H]2CCCc3ccccc32)ccc1OC. The summed E-state index contributed by atoms with van der Waals surface area (Å²) >= 11 is 0. The van der Waals surface area contributed by atoms with Crippen LogP contribution in [0.2, 0.25) is 0 Å². The monoisotopic (exact) mass is 416 g/mol. The minimum absolute atomic E-state index is 0.0143. The van der Waals surface area contributed by atoms with Crippen molar-refractivity contribution in [3.8, 4) is 5.75 Å². The summed E-state index contributed by atoms with van der Waals surface area (Å²) in [5.74, 6) is -0.0539. The van der Waals surface area contributed by atoms with Crippen molar-refractivity contribution in [1.82, 2.24) is 9.62 Å². The van der Waals surface area contributed by atoms with Crippen LogP contribution in [-0.2, 0) is 16.4 Å². The number of methoxy groups -OCH3 is 1. The fraction of sp³-hybridized carbons (Fsp3) is 0.409. The van der Waals surface area contributed by atoms with Gasteiger partial charge in [-0.15, -0.1) is 0 Å². The average Bonchev–Trinajstić information content (AvgIpc) is 2.74. The maximum atomic E-state index is 13.0. The summed E-state index contributed by atoms with van der Waals surface area (Å²) in [6.07, 6.45) is 2.88. The second-order valence-electron chi connectivity index (χ2n) is 7.07. The largest absolute Gasteiger partial charge is 0.495 e. The van der Waals surface area contributed by atoms with Gasteiger partial charge in [0.1, 0.15) is 10.6 Å². The molecule has 0 fully saturated rings. The molecule has 2 aromatic rings. The van der Waals surface area contributed by atoms with Gasteiger partial charge in [-0.05, 0) is 48.6 Å². The van der Waals surface area contributed by atoms with Gasteiger partial charge in [0.25, 0.3) is 5.91 Å². The van der Waals surface area contributed by atoms with Crippen LogP contribution < -0.4 is 10.1 Å². The molecule has 1 aliphatic rings. The fourth-order valence-corrected chi connectivity index (χ4v) is 5.51. The third kappa shape index (κ3) is 4.31. The quantitative estimate of drug-likeness (QED) is 0.749. The van der Waals surface area contributed by atoms with Crippen LogP contribution in [0.15, 0.2) is 47.4 Å². The molecule has 7 heteroatoms. The number of sulfonamides is 1. The molecule has 0 saturated carbocycles. The van der Waals surface area contributed by atoms with E-state index in [1.807, 2.05) is 18.2 Å². The topological polar surface area (TPSA) is 75.7 Å². The smallest absolute Gasteiger partial charge is 0.251 e. The Labute approximate surface area is 172 Å². The van der Waals surface area contributed by atoms with Gasteiger partial charge in [-0.2, -0.15) is 4.31 Å². The van der Waals surface area contributed by atoms with E-state index in [0.717, 1.165) is 24.8 Å². The van der Waals surface area contributed by atoms with Crippen LogP contribution in [0, 0.1) is 0 Å². The van der Waals surface area contributed by atoms with E-state index < -0.39 is 10.0 Å². The van der Waals surface area contributed by atoms with Crippen LogP contribution >= 0.6 is 0 Å². The van der Waals surface area contributed by atoms with Crippen LogP contribution in [0.5, 0.6) is 5.75 Å². The van der Waals surface area contributed by atoms with Crippen molar-refractivity contribution in [2.45, 2.75) is 44.0 Å². The number of nitrogens with one attached hydrogen (secondary N) is 1. The number of hydrogen-bond donors (Lipinski definition) is 1. The Bertz CT molecular complexity index is 984. The first-order valence-corrected chi connectivity index (χ1v) is 11.4. The fourth-order valence-electron chi connectivity index (χ4n) is 3.87. The second kappa shape index (κ2) is 8.97. The summed E-state index contributed by atoms with van der Waals surface area (Å²) in [4.78, 5) is 13.0. The Morgan fingerprint density at radius 1 is 1.17 bits per heavy atom. The van der Waals surface area contributed by atoms with Gasteiger partial charge in [0.15, 0.2) is 0 Å². The highest BCUT2D eigenvalue weighted by Gasteiger charge is 2.28. The predicted molar refractivity (Wildman–Crippen MR) is 113 cm³/mol. The second-order valence-corrected chi connectivity index (χ2v) is 8.98. The lowest BCUT2D eigenvalue weighted by Crippen LogP contribution is -2.32. The van der Waals surface area contributed by atoms with E-state index in [1.165, 1.54) is 23.0 Å². The summed E-state index contributed by atoms with van der Waals surface area (Å²) in [5, 5.41) is 3.08. The Morgan fingerprint density at radius 2 is 1.90 bits per heavy atom. The van der Waals surface area contributed by atoms with Gasteiger partial charge in [0.2, 0.25) is 10.0 Å². The summed E-state index contributed by atoms with van der Waals surface area (Å²) in [6.45, 7) is 4.25. The van der Waals surface area contributed by atoms with E-state index in [4.69, 9.17) is 4.74 Å². The number of aryl methyl sites for hydroxylation is 1. The molecular weight excluding hydrogens is 388 g/mol. The van der Waals surface area contributed by atoms with Crippen molar-refractivity contribution in [3.63, 3.8) is 0 Å². The molecule has 2 aromatic carbocycles. The van der Waals surface area contributed by atoms with Crippen LogP contribution in [0.3, 0.4) is 0 Å². The van der Waals surface area contributed by atoms with Crippen molar-refractivity contribution >= 4 is 15.9 Å². The molecule has 0 saturated heterocycles. The average molecular weight is 417 g/mol. The lowest BCUT2D eigenvalue weighted by atomic mass is 9.87. The first kappa shape index (κ1) is 21.3. The third-order valence-electron chi connectivity index (χ3n) is 5.42. The molecule has 1 amide bonds. The lowest BCUT2D eigenvalue weighted by Gasteiger charge is -2.26. The molecule has 156 valence electrons. The molecule has 29 heavy (non-hydrogen) atoms. The Morgan fingerprint density at radius 3 is 2.59 bits per heavy atom. The molecule has 0 radical (unpaired) electrons. The Balaban J connectivity index is 1.91. The van der Waals surface area contributed by atoms with Gasteiger partial charge in [-0.3, -0.25) is 4.79 Å². The Kier molecular flexibility index (Phi) is 6.59. The molecule has 1 aliphatic carbocycles. The van der Waals surface area contributed by atoms with Gasteiger partial charge >= 0.3 is 0 Å². The number of benzene rings is 2. The summed E-state index contributed by atoms with van der Waals surface area (Å²) in [5.41, 5.74) is 2.69. The van der Waals surface area contributed by atoms with E-state index in [0.29, 0.717) is 18.7 Å². The number of carbonyl (C=O) groups is 1. The van der Waals surface area contributed by atoms with Gasteiger partial charge in [-0.25, -0.2) is 8.42 Å². The molecule has 0 aromatic heterocycles. The van der Waals surface area contributed by atoms with E-state index in [-0.39, 0.29) is 22.6 Å². The predicted octanol–water partition coefficient (Wildman–Crippen LogP) is 3.53. The van der Waals surface area contributed by atoms with Gasteiger partial charge in [-0.1, -0.05) is 38.1 Å². The number of fused-ring (bicyclic) bond motifs is 1. The van der Waals surface area contributed by atoms with Crippen molar-refractivity contribution in [2.24, 2.45) is 0 Å². The van der Waals surface area contributed by atoms with Crippen LogP contribution in [0.1, 0.15) is 54.2 Å². The van der Waals surface area contributed by atoms with Crippen LogP contribution in [0.4, 0.5) is 0 Å². The first-order valence-electron chi connectivity index (χ1n) is 9.99. The molecule has 0 unspecified atom stereocenters. The van der Waals surface area contributed by atoms with Crippen molar-refractivity contribution in [1.29, 1.82) is 0 Å². The molecule has 1 N–H and O–H groups in total. The molecule has 0 spiro atoms. The number of hydrogen-bond acceptors (Lipinski definition) is 4. The summed E-state index contributed by atoms with van der Waals surface area (Å²) in [7, 11) is -2.33. The molecule has 0 heterocycles. The third-order valence-corrected chi connectivity index (χ3v) is 7.49. The van der Waals surface area contributed by atoms with Crippen molar-refractivity contribution in [3.05, 3.63) is 59.2 Å². The minimum atomic E-state index is -3.75. The van der Waals surface area contributed by atoms with E-state index in [2.05, 4.69) is 11.4 Å². The molecule has 3 rings (SSSR count). The zero-order chi connectivity index (χ0) is 21.0. The number of ether oxygens (including phenoxy) is 1. The summed E-state index contributed by atoms with van der Waals surface area (Å²) < 4.78 is 32.6. The molecule has 0 bridgehead atoms. The van der Waals surface area contributed by atoms with E-state index >= 15 is 0 Å². The lowest BCUT2D eigenvalue weighted by molar-refractivity contribution is 0.0932. The zero-order valence-corrected chi connectivity index (χ0v) is 18.0. The molecule has 0 aliphatic heterocycles. The van der Waals surface area contributed by atoms with E-state index in [9.17, 15) is 13.2 Å². The molecular formula is C22H28N2O4S. The van der Waals surface area contributed by atoms with Crippen molar-refractivity contribution < 1.29 is 17.9 Å². The maximum Gasteiger partial charge on any atom is 0.251 e. The van der Waals surface area contributed by atoms with Crippen LogP contribution in [0.25, 0.3) is 0 Å². The highest BCUT2D eigenvalue weighted by molar-refractivity contribution is 7.89. The van der Waals surface area contributed by atoms with Crippen molar-refractivity contribution in [2.75, 3.05) is 20.2 Å². The number of carbonyl (C=O) groups excluding carboxylic acids is 1. The molecule has 6 nitrogen and oxygen atoms in total. The van der Waals surface area contributed by atoms with Gasteiger partial charge in [0.05, 0.1) is 13.2 Å². The van der Waals surface area contributed by atoms with Gasteiger partial charge < -0.3 is 10.1 Å². The zero-order valence-electron chi connectivity index (χ0n) is 17.1. The van der Waals surface area contributed by atoms with E-state index in [1.54, 1.807) is 26.0 Å². The normalized spacial score (nSPS) is 16.3. The highest BCUT2D eigenvalue weighted by Crippen LogP contribution is 2.31. The van der Waals surface area contributed by atoms with Gasteiger partial charge in [0, 0.05) is 18.7 Å².